The first kappa shape index (κ1) is 16.5. The van der Waals surface area contributed by atoms with Gasteiger partial charge in [-0.25, -0.2) is 8.42 Å². The van der Waals surface area contributed by atoms with Gasteiger partial charge in [0.15, 0.2) is 0 Å². The molecule has 126 valence electrons. The summed E-state index contributed by atoms with van der Waals surface area (Å²) >= 11 is 0. The lowest BCUT2D eigenvalue weighted by Gasteiger charge is -2.17. The van der Waals surface area contributed by atoms with E-state index in [9.17, 15) is 13.2 Å². The van der Waals surface area contributed by atoms with Gasteiger partial charge in [-0.05, 0) is 54.8 Å². The average molecular weight is 344 g/mol. The Balaban J connectivity index is 1.70. The van der Waals surface area contributed by atoms with E-state index in [0.29, 0.717) is 29.9 Å². The van der Waals surface area contributed by atoms with E-state index >= 15 is 0 Å². The number of carbonyl (C=O) groups is 1. The van der Waals surface area contributed by atoms with E-state index < -0.39 is 10.0 Å². The molecule has 0 radical (unpaired) electrons. The van der Waals surface area contributed by atoms with Gasteiger partial charge in [-0.15, -0.1) is 0 Å². The molecule has 0 aromatic heterocycles. The van der Waals surface area contributed by atoms with Crippen molar-refractivity contribution in [2.24, 2.45) is 0 Å². The van der Waals surface area contributed by atoms with E-state index in [1.807, 2.05) is 12.1 Å². The number of nitrogens with zero attached hydrogens (tertiary/aromatic N) is 1. The number of benzene rings is 2. The van der Waals surface area contributed by atoms with Gasteiger partial charge in [0, 0.05) is 17.8 Å². The molecule has 6 heteroatoms. The largest absolute Gasteiger partial charge is 0.322 e. The van der Waals surface area contributed by atoms with Gasteiger partial charge in [-0.2, -0.15) is 0 Å². The van der Waals surface area contributed by atoms with Gasteiger partial charge in [0.1, 0.15) is 0 Å². The molecule has 3 rings (SSSR count). The molecular formula is C18H20N2O3S. The SMILES string of the molecule is CCc1ccc(C(=O)Nc2ccc(N3CCCS3(=O)=O)cc2)cc1. The Morgan fingerprint density at radius 1 is 1.08 bits per heavy atom. The summed E-state index contributed by atoms with van der Waals surface area (Å²) in [6, 6.07) is 14.4. The number of hydrogen-bond acceptors (Lipinski definition) is 3. The predicted octanol–water partition coefficient (Wildman–Crippen LogP) is 3.04. The summed E-state index contributed by atoms with van der Waals surface area (Å²) in [7, 11) is -3.18. The normalized spacial score (nSPS) is 16.1. The Morgan fingerprint density at radius 2 is 1.75 bits per heavy atom. The average Bonchev–Trinajstić information content (AvgIpc) is 2.95. The molecule has 1 amide bonds. The molecule has 24 heavy (non-hydrogen) atoms. The molecule has 0 aliphatic carbocycles. The maximum atomic E-state index is 12.2. The third-order valence-electron chi connectivity index (χ3n) is 4.14. The highest BCUT2D eigenvalue weighted by Gasteiger charge is 2.28. The van der Waals surface area contributed by atoms with Crippen molar-refractivity contribution in [3.63, 3.8) is 0 Å². The summed E-state index contributed by atoms with van der Waals surface area (Å²) in [6.45, 7) is 2.58. The van der Waals surface area contributed by atoms with Crippen molar-refractivity contribution in [2.45, 2.75) is 19.8 Å². The molecule has 1 N–H and O–H groups in total. The number of nitrogens with one attached hydrogen (secondary N) is 1. The van der Waals surface area contributed by atoms with Crippen molar-refractivity contribution >= 4 is 27.3 Å². The van der Waals surface area contributed by atoms with Gasteiger partial charge in [0.25, 0.3) is 5.91 Å². The number of carbonyl (C=O) groups excluding carboxylic acids is 1. The molecule has 1 fully saturated rings. The predicted molar refractivity (Wildman–Crippen MR) is 96.0 cm³/mol. The third kappa shape index (κ3) is 3.43. The summed E-state index contributed by atoms with van der Waals surface area (Å²) in [6.07, 6.45) is 1.58. The Kier molecular flexibility index (Phi) is 4.57. The Bertz CT molecular complexity index is 828. The number of rotatable bonds is 4. The van der Waals surface area contributed by atoms with Gasteiger partial charge in [-0.1, -0.05) is 19.1 Å². The highest BCUT2D eigenvalue weighted by atomic mass is 32.2. The summed E-state index contributed by atoms with van der Waals surface area (Å²) in [5.74, 6) is 0.0124. The topological polar surface area (TPSA) is 66.5 Å². The Morgan fingerprint density at radius 3 is 2.29 bits per heavy atom. The van der Waals surface area contributed by atoms with Crippen molar-refractivity contribution in [3.05, 3.63) is 59.7 Å². The fourth-order valence-electron chi connectivity index (χ4n) is 2.74. The van der Waals surface area contributed by atoms with Gasteiger partial charge in [0.05, 0.1) is 11.4 Å². The summed E-state index contributed by atoms with van der Waals surface area (Å²) < 4.78 is 25.3. The Hall–Kier alpha value is -2.34. The zero-order valence-electron chi connectivity index (χ0n) is 13.5. The first-order valence-corrected chi connectivity index (χ1v) is 9.61. The second-order valence-electron chi connectivity index (χ2n) is 5.79. The fraction of sp³-hybridized carbons (Fsp3) is 0.278. The monoisotopic (exact) mass is 344 g/mol. The molecular weight excluding hydrogens is 324 g/mol. The number of aryl methyl sites for hydroxylation is 1. The van der Waals surface area contributed by atoms with Crippen molar-refractivity contribution < 1.29 is 13.2 Å². The second kappa shape index (κ2) is 6.65. The number of hydrogen-bond donors (Lipinski definition) is 1. The maximum absolute atomic E-state index is 12.2. The molecule has 0 spiro atoms. The lowest BCUT2D eigenvalue weighted by atomic mass is 10.1. The molecule has 2 aromatic carbocycles. The summed E-state index contributed by atoms with van der Waals surface area (Å²) in [5, 5.41) is 2.83. The van der Waals surface area contributed by atoms with Crippen LogP contribution in [0.4, 0.5) is 11.4 Å². The lowest BCUT2D eigenvalue weighted by molar-refractivity contribution is 0.102. The molecule has 1 aliphatic heterocycles. The van der Waals surface area contributed by atoms with Crippen LogP contribution in [-0.2, 0) is 16.4 Å². The highest BCUT2D eigenvalue weighted by molar-refractivity contribution is 7.93. The molecule has 5 nitrogen and oxygen atoms in total. The highest BCUT2D eigenvalue weighted by Crippen LogP contribution is 2.25. The van der Waals surface area contributed by atoms with Gasteiger partial charge in [0.2, 0.25) is 10.0 Å². The number of anilines is 2. The first-order valence-electron chi connectivity index (χ1n) is 8.00. The van der Waals surface area contributed by atoms with Crippen LogP contribution in [0.1, 0.15) is 29.3 Å². The van der Waals surface area contributed by atoms with Crippen LogP contribution in [0.25, 0.3) is 0 Å². The molecule has 0 atom stereocenters. The fourth-order valence-corrected chi connectivity index (χ4v) is 4.30. The van der Waals surface area contributed by atoms with Gasteiger partial charge < -0.3 is 5.32 Å². The van der Waals surface area contributed by atoms with E-state index in [4.69, 9.17) is 0 Å². The Labute approximate surface area is 142 Å². The maximum Gasteiger partial charge on any atom is 0.255 e. The van der Waals surface area contributed by atoms with E-state index in [0.717, 1.165) is 6.42 Å². The van der Waals surface area contributed by atoms with Crippen LogP contribution in [0.3, 0.4) is 0 Å². The summed E-state index contributed by atoms with van der Waals surface area (Å²) in [4.78, 5) is 12.2. The van der Waals surface area contributed by atoms with Crippen LogP contribution in [-0.4, -0.2) is 26.6 Å². The summed E-state index contributed by atoms with van der Waals surface area (Å²) in [5.41, 5.74) is 3.05. The molecule has 0 bridgehead atoms. The van der Waals surface area contributed by atoms with Crippen molar-refractivity contribution in [3.8, 4) is 0 Å². The molecule has 2 aromatic rings. The van der Waals surface area contributed by atoms with Crippen LogP contribution in [0, 0.1) is 0 Å². The van der Waals surface area contributed by atoms with E-state index in [1.165, 1.54) is 9.87 Å². The number of amides is 1. The van der Waals surface area contributed by atoms with E-state index in [1.54, 1.807) is 36.4 Å². The third-order valence-corrected chi connectivity index (χ3v) is 6.01. The lowest BCUT2D eigenvalue weighted by Crippen LogP contribution is -2.24. The van der Waals surface area contributed by atoms with Gasteiger partial charge >= 0.3 is 0 Å². The van der Waals surface area contributed by atoms with Crippen LogP contribution >= 0.6 is 0 Å². The van der Waals surface area contributed by atoms with Crippen molar-refractivity contribution in [2.75, 3.05) is 21.9 Å². The van der Waals surface area contributed by atoms with Crippen LogP contribution < -0.4 is 9.62 Å². The van der Waals surface area contributed by atoms with Crippen LogP contribution in [0.15, 0.2) is 48.5 Å². The molecule has 1 saturated heterocycles. The minimum atomic E-state index is -3.18. The first-order chi connectivity index (χ1) is 11.5. The number of sulfonamides is 1. The van der Waals surface area contributed by atoms with Crippen molar-refractivity contribution in [1.29, 1.82) is 0 Å². The zero-order valence-corrected chi connectivity index (χ0v) is 14.3. The van der Waals surface area contributed by atoms with Crippen LogP contribution in [0.5, 0.6) is 0 Å². The van der Waals surface area contributed by atoms with Gasteiger partial charge in [-0.3, -0.25) is 9.10 Å². The molecule has 0 saturated carbocycles. The molecule has 1 aliphatic rings. The van der Waals surface area contributed by atoms with Crippen molar-refractivity contribution in [1.82, 2.24) is 0 Å². The smallest absolute Gasteiger partial charge is 0.255 e. The second-order valence-corrected chi connectivity index (χ2v) is 7.81. The van der Waals surface area contributed by atoms with Crippen LogP contribution in [0.2, 0.25) is 0 Å². The quantitative estimate of drug-likeness (QED) is 0.927. The zero-order chi connectivity index (χ0) is 17.2. The van der Waals surface area contributed by atoms with E-state index in [2.05, 4.69) is 12.2 Å². The minimum absolute atomic E-state index is 0.181. The minimum Gasteiger partial charge on any atom is -0.322 e. The molecule has 1 heterocycles. The standard InChI is InChI=1S/C18H20N2O3S/c1-2-14-4-6-15(7-5-14)18(21)19-16-8-10-17(11-9-16)20-12-3-13-24(20,22)23/h4-11H,2-3,12-13H2,1H3,(H,19,21). The van der Waals surface area contributed by atoms with E-state index in [-0.39, 0.29) is 11.7 Å². The molecule has 0 unspecified atom stereocenters.